The van der Waals surface area contributed by atoms with Crippen molar-refractivity contribution in [2.45, 2.75) is 13.0 Å². The number of aryl methyl sites for hydroxylation is 1. The summed E-state index contributed by atoms with van der Waals surface area (Å²) in [6, 6.07) is 8.33. The highest BCUT2D eigenvalue weighted by Crippen LogP contribution is 2.29. The number of aliphatic hydroxyl groups is 1. The van der Waals surface area contributed by atoms with Gasteiger partial charge in [-0.15, -0.1) is 0 Å². The first-order chi connectivity index (χ1) is 10.0. The largest absolute Gasteiger partial charge is 0.386 e. The monoisotopic (exact) mass is 324 g/mol. The van der Waals surface area contributed by atoms with E-state index in [1.54, 1.807) is 43.5 Å². The van der Waals surface area contributed by atoms with E-state index in [2.05, 4.69) is 10.3 Å². The molecular formula is C15H14Cl2N2O2. The van der Waals surface area contributed by atoms with E-state index in [4.69, 9.17) is 23.2 Å². The second-order valence-corrected chi connectivity index (χ2v) is 5.31. The molecule has 1 aromatic carbocycles. The van der Waals surface area contributed by atoms with E-state index in [0.29, 0.717) is 26.9 Å². The van der Waals surface area contributed by atoms with Gasteiger partial charge in [0, 0.05) is 34.0 Å². The fourth-order valence-corrected chi connectivity index (χ4v) is 2.59. The van der Waals surface area contributed by atoms with E-state index in [9.17, 15) is 9.90 Å². The van der Waals surface area contributed by atoms with Crippen molar-refractivity contribution in [1.29, 1.82) is 0 Å². The van der Waals surface area contributed by atoms with Crippen molar-refractivity contribution in [2.24, 2.45) is 0 Å². The predicted octanol–water partition coefficient (Wildman–Crippen LogP) is 3.16. The van der Waals surface area contributed by atoms with Gasteiger partial charge in [-0.3, -0.25) is 9.78 Å². The van der Waals surface area contributed by atoms with Crippen molar-refractivity contribution in [3.63, 3.8) is 0 Å². The lowest BCUT2D eigenvalue weighted by Crippen LogP contribution is -2.29. The highest BCUT2D eigenvalue weighted by Gasteiger charge is 2.17. The summed E-state index contributed by atoms with van der Waals surface area (Å²) < 4.78 is 0. The van der Waals surface area contributed by atoms with Crippen molar-refractivity contribution in [1.82, 2.24) is 10.3 Å². The van der Waals surface area contributed by atoms with Gasteiger partial charge in [-0.1, -0.05) is 29.3 Å². The molecule has 1 unspecified atom stereocenters. The van der Waals surface area contributed by atoms with Gasteiger partial charge in [-0.25, -0.2) is 0 Å². The van der Waals surface area contributed by atoms with Crippen LogP contribution in [0.5, 0.6) is 0 Å². The molecule has 0 fully saturated rings. The molecule has 0 aliphatic heterocycles. The standard InChI is InChI=1S/C15H14Cl2N2O2/c1-9-10(4-3-7-18-9)15(21)19-8-13(20)14-11(16)5-2-6-12(14)17/h2-7,13,20H,8H2,1H3,(H,19,21). The third-order valence-electron chi connectivity index (χ3n) is 3.04. The SMILES string of the molecule is Cc1ncccc1C(=O)NCC(O)c1c(Cl)cccc1Cl. The van der Waals surface area contributed by atoms with Gasteiger partial charge in [0.15, 0.2) is 0 Å². The number of nitrogens with zero attached hydrogens (tertiary/aromatic N) is 1. The van der Waals surface area contributed by atoms with Crippen LogP contribution in [0.4, 0.5) is 0 Å². The minimum absolute atomic E-state index is 0.0105. The predicted molar refractivity (Wildman–Crippen MR) is 82.7 cm³/mol. The molecule has 2 N–H and O–H groups in total. The summed E-state index contributed by atoms with van der Waals surface area (Å²) in [6.45, 7) is 1.76. The zero-order chi connectivity index (χ0) is 15.4. The third kappa shape index (κ3) is 3.73. The lowest BCUT2D eigenvalue weighted by atomic mass is 10.1. The van der Waals surface area contributed by atoms with Crippen LogP contribution in [0.3, 0.4) is 0 Å². The van der Waals surface area contributed by atoms with E-state index >= 15 is 0 Å². The number of halogens is 2. The summed E-state index contributed by atoms with van der Waals surface area (Å²) in [4.78, 5) is 16.1. The minimum atomic E-state index is -0.980. The number of carbonyl (C=O) groups excluding carboxylic acids is 1. The van der Waals surface area contributed by atoms with Crippen LogP contribution >= 0.6 is 23.2 Å². The van der Waals surface area contributed by atoms with E-state index in [1.165, 1.54) is 0 Å². The lowest BCUT2D eigenvalue weighted by Gasteiger charge is -2.15. The third-order valence-corrected chi connectivity index (χ3v) is 3.70. The summed E-state index contributed by atoms with van der Waals surface area (Å²) >= 11 is 12.0. The summed E-state index contributed by atoms with van der Waals surface area (Å²) in [6.07, 6.45) is 0.636. The Balaban J connectivity index is 2.06. The van der Waals surface area contributed by atoms with E-state index < -0.39 is 6.10 Å². The molecule has 110 valence electrons. The van der Waals surface area contributed by atoms with Crippen LogP contribution < -0.4 is 5.32 Å². The van der Waals surface area contributed by atoms with Gasteiger partial charge in [0.25, 0.3) is 5.91 Å². The topological polar surface area (TPSA) is 62.2 Å². The van der Waals surface area contributed by atoms with Crippen molar-refractivity contribution in [3.05, 3.63) is 63.4 Å². The molecule has 2 aromatic rings. The number of aliphatic hydroxyl groups excluding tert-OH is 1. The number of amides is 1. The maximum atomic E-state index is 12.0. The summed E-state index contributed by atoms with van der Waals surface area (Å²) in [5, 5.41) is 13.5. The smallest absolute Gasteiger partial charge is 0.253 e. The zero-order valence-corrected chi connectivity index (χ0v) is 12.8. The maximum Gasteiger partial charge on any atom is 0.253 e. The van der Waals surface area contributed by atoms with Crippen LogP contribution in [0.25, 0.3) is 0 Å². The number of rotatable bonds is 4. The molecule has 6 heteroatoms. The average Bonchev–Trinajstić information content (AvgIpc) is 2.45. The van der Waals surface area contributed by atoms with Gasteiger partial charge >= 0.3 is 0 Å². The molecule has 4 nitrogen and oxygen atoms in total. The molecule has 0 radical (unpaired) electrons. The Morgan fingerprint density at radius 1 is 1.29 bits per heavy atom. The Kier molecular flexibility index (Phi) is 5.17. The Hall–Kier alpha value is -1.62. The molecule has 1 amide bonds. The van der Waals surface area contributed by atoms with Crippen molar-refractivity contribution >= 4 is 29.1 Å². The second kappa shape index (κ2) is 6.89. The summed E-state index contributed by atoms with van der Waals surface area (Å²) in [5.41, 5.74) is 1.50. The first-order valence-electron chi connectivity index (χ1n) is 6.32. The van der Waals surface area contributed by atoms with Gasteiger partial charge in [-0.05, 0) is 31.2 Å². The molecule has 1 atom stereocenters. The Bertz CT molecular complexity index is 642. The number of carbonyl (C=O) groups is 1. The molecule has 0 aliphatic carbocycles. The molecule has 0 spiro atoms. The minimum Gasteiger partial charge on any atom is -0.386 e. The van der Waals surface area contributed by atoms with Gasteiger partial charge in [-0.2, -0.15) is 0 Å². The van der Waals surface area contributed by atoms with E-state index in [-0.39, 0.29) is 12.5 Å². The fourth-order valence-electron chi connectivity index (χ4n) is 1.94. The Labute approximate surface area is 132 Å². The number of nitrogens with one attached hydrogen (secondary N) is 1. The second-order valence-electron chi connectivity index (χ2n) is 4.50. The van der Waals surface area contributed by atoms with E-state index in [0.717, 1.165) is 0 Å². The lowest BCUT2D eigenvalue weighted by molar-refractivity contribution is 0.0915. The number of hydrogen-bond acceptors (Lipinski definition) is 3. The number of aromatic nitrogens is 1. The van der Waals surface area contributed by atoms with Crippen LogP contribution in [-0.4, -0.2) is 22.5 Å². The molecule has 0 aliphatic rings. The molecule has 2 rings (SSSR count). The first-order valence-corrected chi connectivity index (χ1v) is 7.08. The Morgan fingerprint density at radius 3 is 2.57 bits per heavy atom. The quantitative estimate of drug-likeness (QED) is 0.908. The molecular weight excluding hydrogens is 311 g/mol. The zero-order valence-electron chi connectivity index (χ0n) is 11.3. The summed E-state index contributed by atoms with van der Waals surface area (Å²) in [7, 11) is 0. The van der Waals surface area contributed by atoms with Gasteiger partial charge in [0.05, 0.1) is 11.7 Å². The maximum absolute atomic E-state index is 12.0. The molecule has 1 aromatic heterocycles. The highest BCUT2D eigenvalue weighted by atomic mass is 35.5. The number of hydrogen-bond donors (Lipinski definition) is 2. The van der Waals surface area contributed by atoms with E-state index in [1.807, 2.05) is 0 Å². The molecule has 0 saturated carbocycles. The molecule has 0 saturated heterocycles. The van der Waals surface area contributed by atoms with Gasteiger partial charge in [0.2, 0.25) is 0 Å². The fraction of sp³-hybridized carbons (Fsp3) is 0.200. The Morgan fingerprint density at radius 2 is 1.95 bits per heavy atom. The molecule has 0 bridgehead atoms. The van der Waals surface area contributed by atoms with Crippen LogP contribution in [0.1, 0.15) is 27.7 Å². The highest BCUT2D eigenvalue weighted by molar-refractivity contribution is 6.36. The summed E-state index contributed by atoms with van der Waals surface area (Å²) in [5.74, 6) is -0.303. The molecule has 1 heterocycles. The van der Waals surface area contributed by atoms with Crippen LogP contribution in [0.2, 0.25) is 10.0 Å². The van der Waals surface area contributed by atoms with Crippen LogP contribution in [0.15, 0.2) is 36.5 Å². The van der Waals surface area contributed by atoms with Gasteiger partial charge < -0.3 is 10.4 Å². The van der Waals surface area contributed by atoms with Crippen molar-refractivity contribution in [3.8, 4) is 0 Å². The van der Waals surface area contributed by atoms with Crippen LogP contribution in [-0.2, 0) is 0 Å². The van der Waals surface area contributed by atoms with Gasteiger partial charge in [0.1, 0.15) is 0 Å². The average molecular weight is 325 g/mol. The number of pyridine rings is 1. The first kappa shape index (κ1) is 15.8. The molecule has 21 heavy (non-hydrogen) atoms. The van der Waals surface area contributed by atoms with Crippen molar-refractivity contribution < 1.29 is 9.90 Å². The van der Waals surface area contributed by atoms with Crippen molar-refractivity contribution in [2.75, 3.05) is 6.54 Å². The number of benzene rings is 1. The van der Waals surface area contributed by atoms with Crippen LogP contribution in [0, 0.1) is 6.92 Å². The normalized spacial score (nSPS) is 12.0.